The first-order valence-corrected chi connectivity index (χ1v) is 11.4. The lowest BCUT2D eigenvalue weighted by Crippen LogP contribution is -2.30. The van der Waals surface area contributed by atoms with Gasteiger partial charge in [-0.3, -0.25) is 9.69 Å². The maximum atomic E-state index is 12.6. The summed E-state index contributed by atoms with van der Waals surface area (Å²) in [6.45, 7) is 7.36. The van der Waals surface area contributed by atoms with Crippen molar-refractivity contribution in [2.24, 2.45) is 0 Å². The fraction of sp³-hybridized carbons (Fsp3) is 0.348. The van der Waals surface area contributed by atoms with Gasteiger partial charge in [0.2, 0.25) is 0 Å². The minimum atomic E-state index is -0.239. The van der Waals surface area contributed by atoms with Gasteiger partial charge in [-0.05, 0) is 37.4 Å². The van der Waals surface area contributed by atoms with Crippen molar-refractivity contribution < 1.29 is 9.21 Å². The first kappa shape index (κ1) is 20.0. The number of nitrogens with zero attached hydrogens (tertiary/aromatic N) is 4. The maximum Gasteiger partial charge on any atom is 0.255 e. The number of rotatable bonds is 5. The summed E-state index contributed by atoms with van der Waals surface area (Å²) in [7, 11) is 0. The van der Waals surface area contributed by atoms with E-state index in [0.29, 0.717) is 11.3 Å². The lowest BCUT2D eigenvalue weighted by atomic mass is 10.2. The van der Waals surface area contributed by atoms with Crippen LogP contribution in [0.1, 0.15) is 45.6 Å². The average Bonchev–Trinajstić information content (AvgIpc) is 3.44. The largest absolute Gasteiger partial charge is 0.469 e. The van der Waals surface area contributed by atoms with Crippen molar-refractivity contribution in [3.8, 4) is 0 Å². The number of nitrogens with one attached hydrogen (secondary N) is 1. The molecule has 0 bridgehead atoms. The molecule has 1 N–H and O–H groups in total. The second kappa shape index (κ2) is 8.28. The topological polar surface area (TPSA) is 76.2 Å². The van der Waals surface area contributed by atoms with E-state index in [1.54, 1.807) is 13.0 Å². The number of carbonyl (C=O) groups excluding carboxylic acids is 1. The van der Waals surface area contributed by atoms with Crippen LogP contribution in [0.3, 0.4) is 0 Å². The molecule has 8 heteroatoms. The molecule has 0 fully saturated rings. The number of thiophene rings is 1. The standard InChI is InChI=1S/C23H25N5O2S/c1-15(24-23(29)19-8-12-30-16(19)2)22-26-25-21-7-9-27(10-11-28(21)22)14-18-13-17-5-3-4-6-20(17)31-18/h3-6,8,12-13,15H,7,9-11,14H2,1-2H3,(H,24,29). The van der Waals surface area contributed by atoms with Gasteiger partial charge in [-0.25, -0.2) is 0 Å². The maximum absolute atomic E-state index is 12.6. The van der Waals surface area contributed by atoms with Gasteiger partial charge in [0.25, 0.3) is 5.91 Å². The second-order valence-corrected chi connectivity index (χ2v) is 9.16. The third kappa shape index (κ3) is 4.00. The van der Waals surface area contributed by atoms with Crippen LogP contribution in [0.5, 0.6) is 0 Å². The highest BCUT2D eigenvalue weighted by atomic mass is 32.1. The van der Waals surface area contributed by atoms with Crippen molar-refractivity contribution in [1.29, 1.82) is 0 Å². The zero-order chi connectivity index (χ0) is 21.4. The minimum Gasteiger partial charge on any atom is -0.469 e. The van der Waals surface area contributed by atoms with E-state index in [-0.39, 0.29) is 11.9 Å². The number of amides is 1. The molecule has 0 aliphatic carbocycles. The molecular formula is C23H25N5O2S. The summed E-state index contributed by atoms with van der Waals surface area (Å²) < 4.78 is 8.75. The van der Waals surface area contributed by atoms with Crippen LogP contribution in [0.2, 0.25) is 0 Å². The fourth-order valence-corrected chi connectivity index (χ4v) is 5.27. The Kier molecular flexibility index (Phi) is 5.33. The van der Waals surface area contributed by atoms with E-state index in [9.17, 15) is 4.79 Å². The van der Waals surface area contributed by atoms with E-state index in [4.69, 9.17) is 4.42 Å². The molecule has 0 radical (unpaired) electrons. The summed E-state index contributed by atoms with van der Waals surface area (Å²) in [6, 6.07) is 12.3. The average molecular weight is 436 g/mol. The van der Waals surface area contributed by atoms with Gasteiger partial charge in [-0.2, -0.15) is 0 Å². The summed E-state index contributed by atoms with van der Waals surface area (Å²) in [5.41, 5.74) is 0.553. The summed E-state index contributed by atoms with van der Waals surface area (Å²) in [5, 5.41) is 13.2. The van der Waals surface area contributed by atoms with Crippen molar-refractivity contribution in [2.45, 2.75) is 39.4 Å². The number of hydrogen-bond acceptors (Lipinski definition) is 6. The molecule has 1 aromatic carbocycles. The molecule has 7 nitrogen and oxygen atoms in total. The molecule has 4 heterocycles. The van der Waals surface area contributed by atoms with Crippen LogP contribution < -0.4 is 5.32 Å². The SMILES string of the molecule is Cc1occc1C(=O)NC(C)c1nnc2n1CCN(Cc1cc3ccccc3s1)CC2. The van der Waals surface area contributed by atoms with E-state index >= 15 is 0 Å². The Morgan fingerprint density at radius 1 is 1.23 bits per heavy atom. The molecule has 0 saturated heterocycles. The molecule has 1 amide bonds. The lowest BCUT2D eigenvalue weighted by Gasteiger charge is -2.19. The van der Waals surface area contributed by atoms with Crippen molar-refractivity contribution in [2.75, 3.05) is 13.1 Å². The van der Waals surface area contributed by atoms with Crippen LogP contribution in [-0.4, -0.2) is 38.7 Å². The number of aryl methyl sites for hydroxylation is 1. The van der Waals surface area contributed by atoms with Gasteiger partial charge in [0.1, 0.15) is 11.6 Å². The Morgan fingerprint density at radius 3 is 2.90 bits per heavy atom. The lowest BCUT2D eigenvalue weighted by molar-refractivity contribution is 0.0936. The van der Waals surface area contributed by atoms with Crippen LogP contribution in [0.15, 0.2) is 47.1 Å². The molecule has 31 heavy (non-hydrogen) atoms. The molecule has 1 aliphatic heterocycles. The molecule has 1 atom stereocenters. The van der Waals surface area contributed by atoms with E-state index in [1.807, 2.05) is 18.3 Å². The second-order valence-electron chi connectivity index (χ2n) is 7.99. The Balaban J connectivity index is 1.26. The molecule has 0 spiro atoms. The normalized spacial score (nSPS) is 15.5. The third-order valence-corrected chi connectivity index (χ3v) is 6.94. The van der Waals surface area contributed by atoms with Crippen LogP contribution in [0, 0.1) is 6.92 Å². The van der Waals surface area contributed by atoms with Gasteiger partial charge in [0.05, 0.1) is 17.9 Å². The zero-order valence-electron chi connectivity index (χ0n) is 17.7. The molecular weight excluding hydrogens is 410 g/mol. The predicted octanol–water partition coefficient (Wildman–Crippen LogP) is 3.94. The number of furan rings is 1. The first-order chi connectivity index (χ1) is 15.1. The number of fused-ring (bicyclic) bond motifs is 2. The summed E-state index contributed by atoms with van der Waals surface area (Å²) in [4.78, 5) is 16.4. The zero-order valence-corrected chi connectivity index (χ0v) is 18.5. The molecule has 160 valence electrons. The molecule has 5 rings (SSSR count). The van der Waals surface area contributed by atoms with Crippen molar-refractivity contribution in [1.82, 2.24) is 25.0 Å². The Labute approximate surface area is 184 Å². The monoisotopic (exact) mass is 435 g/mol. The van der Waals surface area contributed by atoms with Crippen LogP contribution >= 0.6 is 11.3 Å². The molecule has 1 aliphatic rings. The first-order valence-electron chi connectivity index (χ1n) is 10.6. The summed E-state index contributed by atoms with van der Waals surface area (Å²) >= 11 is 1.87. The van der Waals surface area contributed by atoms with Gasteiger partial charge in [0, 0.05) is 42.2 Å². The number of benzene rings is 1. The fourth-order valence-electron chi connectivity index (χ4n) is 4.16. The van der Waals surface area contributed by atoms with E-state index in [2.05, 4.69) is 55.3 Å². The molecule has 1 unspecified atom stereocenters. The van der Waals surface area contributed by atoms with Crippen molar-refractivity contribution in [3.63, 3.8) is 0 Å². The van der Waals surface area contributed by atoms with Gasteiger partial charge in [-0.15, -0.1) is 21.5 Å². The van der Waals surface area contributed by atoms with Gasteiger partial charge in [-0.1, -0.05) is 18.2 Å². The predicted molar refractivity (Wildman–Crippen MR) is 120 cm³/mol. The van der Waals surface area contributed by atoms with Crippen LogP contribution in [-0.2, 0) is 19.5 Å². The smallest absolute Gasteiger partial charge is 0.255 e. The minimum absolute atomic E-state index is 0.156. The highest BCUT2D eigenvalue weighted by Gasteiger charge is 2.24. The van der Waals surface area contributed by atoms with Gasteiger partial charge < -0.3 is 14.3 Å². The van der Waals surface area contributed by atoms with E-state index in [1.165, 1.54) is 21.2 Å². The quantitative estimate of drug-likeness (QED) is 0.514. The number of hydrogen-bond donors (Lipinski definition) is 1. The van der Waals surface area contributed by atoms with Crippen LogP contribution in [0.25, 0.3) is 10.1 Å². The van der Waals surface area contributed by atoms with Gasteiger partial charge >= 0.3 is 0 Å². The van der Waals surface area contributed by atoms with Gasteiger partial charge in [0.15, 0.2) is 5.82 Å². The highest BCUT2D eigenvalue weighted by molar-refractivity contribution is 7.19. The molecule has 3 aromatic heterocycles. The van der Waals surface area contributed by atoms with Crippen molar-refractivity contribution >= 4 is 27.3 Å². The number of aromatic nitrogens is 3. The molecule has 4 aromatic rings. The summed E-state index contributed by atoms with van der Waals surface area (Å²) in [5.74, 6) is 2.24. The summed E-state index contributed by atoms with van der Waals surface area (Å²) in [6.07, 6.45) is 2.38. The Morgan fingerprint density at radius 2 is 2.10 bits per heavy atom. The van der Waals surface area contributed by atoms with Crippen LogP contribution in [0.4, 0.5) is 0 Å². The van der Waals surface area contributed by atoms with Crippen molar-refractivity contribution in [3.05, 3.63) is 70.5 Å². The Hall–Kier alpha value is -2.97. The Bertz CT molecular complexity index is 1190. The third-order valence-electron chi connectivity index (χ3n) is 5.84. The number of carbonyl (C=O) groups is 1. The van der Waals surface area contributed by atoms with E-state index in [0.717, 1.165) is 44.2 Å². The highest BCUT2D eigenvalue weighted by Crippen LogP contribution is 2.27. The van der Waals surface area contributed by atoms with E-state index < -0.39 is 0 Å². The molecule has 0 saturated carbocycles.